The molecule has 0 aliphatic heterocycles. The van der Waals surface area contributed by atoms with Crippen molar-refractivity contribution in [3.63, 3.8) is 0 Å². The van der Waals surface area contributed by atoms with Crippen LogP contribution in [0.3, 0.4) is 0 Å². The second-order valence-corrected chi connectivity index (χ2v) is 12.1. The molecule has 0 spiro atoms. The third-order valence-electron chi connectivity index (χ3n) is 6.74. The first-order valence-corrected chi connectivity index (χ1v) is 15.0. The molecule has 0 heterocycles. The van der Waals surface area contributed by atoms with Crippen molar-refractivity contribution in [2.24, 2.45) is 0 Å². The van der Waals surface area contributed by atoms with E-state index in [0.717, 1.165) is 50.5 Å². The molecule has 0 aromatic heterocycles. The zero-order chi connectivity index (χ0) is 28.8. The van der Waals surface area contributed by atoms with Crippen molar-refractivity contribution in [2.45, 2.75) is 70.3 Å². The smallest absolute Gasteiger partial charge is 0.352 e. The van der Waals surface area contributed by atoms with Crippen LogP contribution in [-0.4, -0.2) is 50.0 Å². The second-order valence-electron chi connectivity index (χ2n) is 9.73. The number of rotatable bonds is 10. The number of sulfonamides is 1. The summed E-state index contributed by atoms with van der Waals surface area (Å²) in [6.07, 6.45) is 1.13. The van der Waals surface area contributed by atoms with Crippen LogP contribution in [0.4, 0.5) is 18.9 Å². The number of halogens is 4. The molecule has 2 aromatic carbocycles. The molecule has 1 fully saturated rings. The summed E-state index contributed by atoms with van der Waals surface area (Å²) in [6, 6.07) is 9.50. The molecule has 1 atom stereocenters. The number of nitrogens with zero attached hydrogens (tertiary/aromatic N) is 2. The number of nitrogens with one attached hydrogen (secondary N) is 1. The summed E-state index contributed by atoms with van der Waals surface area (Å²) in [5.41, 5.74) is -0.689. The highest BCUT2D eigenvalue weighted by atomic mass is 35.5. The van der Waals surface area contributed by atoms with Crippen molar-refractivity contribution < 1.29 is 31.2 Å². The van der Waals surface area contributed by atoms with Gasteiger partial charge in [0.25, 0.3) is 0 Å². The van der Waals surface area contributed by atoms with E-state index in [1.54, 1.807) is 31.2 Å². The summed E-state index contributed by atoms with van der Waals surface area (Å²) in [5.74, 6) is -1.07. The largest absolute Gasteiger partial charge is 0.416 e. The number of benzene rings is 2. The maximum absolute atomic E-state index is 13.7. The molecule has 0 bridgehead atoms. The highest BCUT2D eigenvalue weighted by Crippen LogP contribution is 2.32. The lowest BCUT2D eigenvalue weighted by molar-refractivity contribution is -0.140. The van der Waals surface area contributed by atoms with E-state index in [4.69, 9.17) is 11.6 Å². The van der Waals surface area contributed by atoms with E-state index < -0.39 is 40.3 Å². The van der Waals surface area contributed by atoms with Gasteiger partial charge in [0.15, 0.2) is 0 Å². The molecule has 0 radical (unpaired) electrons. The van der Waals surface area contributed by atoms with Gasteiger partial charge in [0, 0.05) is 17.6 Å². The Kier molecular flexibility index (Phi) is 10.3. The van der Waals surface area contributed by atoms with Gasteiger partial charge in [-0.25, -0.2) is 8.42 Å². The predicted octanol–water partition coefficient (Wildman–Crippen LogP) is 5.38. The molecule has 7 nitrogen and oxygen atoms in total. The van der Waals surface area contributed by atoms with E-state index in [-0.39, 0.29) is 30.6 Å². The van der Waals surface area contributed by atoms with Crippen LogP contribution in [0.5, 0.6) is 0 Å². The molecule has 214 valence electrons. The second kappa shape index (κ2) is 13.0. The van der Waals surface area contributed by atoms with Crippen LogP contribution in [-0.2, 0) is 32.3 Å². The monoisotopic (exact) mass is 587 g/mol. The fraction of sp³-hybridized carbons (Fsp3) is 0.481. The Morgan fingerprint density at radius 3 is 2.28 bits per heavy atom. The molecule has 1 aliphatic carbocycles. The summed E-state index contributed by atoms with van der Waals surface area (Å²) in [6.45, 7) is 0.947. The summed E-state index contributed by atoms with van der Waals surface area (Å²) >= 11 is 5.99. The van der Waals surface area contributed by atoms with Gasteiger partial charge in [-0.15, -0.1) is 0 Å². The van der Waals surface area contributed by atoms with E-state index in [9.17, 15) is 31.2 Å². The highest BCUT2D eigenvalue weighted by Gasteiger charge is 2.34. The standard InChI is InChI=1S/C27H33ClF3N3O4S/c1-3-24(26(36)32-22-9-5-4-6-10-22)33(17-19-12-14-21(28)15-13-19)25(35)18-34(39(2,37)38)23-11-7-8-20(16-23)27(29,30)31/h7-8,11-16,22,24H,3-6,9-10,17-18H2,1-2H3,(H,32,36)/t24-/m0/s1. The van der Waals surface area contributed by atoms with Gasteiger partial charge in [-0.3, -0.25) is 13.9 Å². The molecule has 1 aliphatic rings. The normalized spacial score (nSPS) is 15.4. The van der Waals surface area contributed by atoms with Gasteiger partial charge in [0.2, 0.25) is 21.8 Å². The average molecular weight is 588 g/mol. The number of amides is 2. The number of hydrogen-bond donors (Lipinski definition) is 1. The number of anilines is 1. The van der Waals surface area contributed by atoms with Gasteiger partial charge in [0.05, 0.1) is 17.5 Å². The maximum atomic E-state index is 13.7. The predicted molar refractivity (Wildman–Crippen MR) is 145 cm³/mol. The average Bonchev–Trinajstić information content (AvgIpc) is 2.87. The van der Waals surface area contributed by atoms with Crippen LogP contribution in [0.15, 0.2) is 48.5 Å². The molecule has 1 saturated carbocycles. The van der Waals surface area contributed by atoms with Gasteiger partial charge in [0.1, 0.15) is 12.6 Å². The number of carbonyl (C=O) groups excluding carboxylic acids is 2. The van der Waals surface area contributed by atoms with Crippen molar-refractivity contribution in [1.29, 1.82) is 0 Å². The number of carbonyl (C=O) groups is 2. The summed E-state index contributed by atoms with van der Waals surface area (Å²) < 4.78 is 65.9. The van der Waals surface area contributed by atoms with Crippen LogP contribution in [0.1, 0.15) is 56.6 Å². The van der Waals surface area contributed by atoms with Gasteiger partial charge >= 0.3 is 6.18 Å². The third-order valence-corrected chi connectivity index (χ3v) is 8.14. The molecular formula is C27H33ClF3N3O4S. The minimum Gasteiger partial charge on any atom is -0.352 e. The minimum absolute atomic E-state index is 0.00888. The van der Waals surface area contributed by atoms with Crippen LogP contribution >= 0.6 is 11.6 Å². The van der Waals surface area contributed by atoms with Gasteiger partial charge < -0.3 is 10.2 Å². The Hall–Kier alpha value is -2.79. The Morgan fingerprint density at radius 1 is 1.08 bits per heavy atom. The van der Waals surface area contributed by atoms with Gasteiger partial charge in [-0.1, -0.05) is 56.0 Å². The Morgan fingerprint density at radius 2 is 1.72 bits per heavy atom. The molecular weight excluding hydrogens is 555 g/mol. The lowest BCUT2D eigenvalue weighted by Gasteiger charge is -2.34. The Bertz CT molecular complexity index is 1250. The van der Waals surface area contributed by atoms with Crippen molar-refractivity contribution in [2.75, 3.05) is 17.1 Å². The first kappa shape index (κ1) is 30.7. The van der Waals surface area contributed by atoms with Crippen LogP contribution < -0.4 is 9.62 Å². The van der Waals surface area contributed by atoms with Crippen LogP contribution in [0.25, 0.3) is 0 Å². The van der Waals surface area contributed by atoms with Crippen molar-refractivity contribution >= 4 is 39.1 Å². The summed E-state index contributed by atoms with van der Waals surface area (Å²) in [4.78, 5) is 28.4. The van der Waals surface area contributed by atoms with Crippen LogP contribution in [0.2, 0.25) is 5.02 Å². The molecule has 1 N–H and O–H groups in total. The minimum atomic E-state index is -4.70. The van der Waals surface area contributed by atoms with Crippen molar-refractivity contribution in [3.8, 4) is 0 Å². The lowest BCUT2D eigenvalue weighted by Crippen LogP contribution is -2.53. The SMILES string of the molecule is CC[C@@H](C(=O)NC1CCCCC1)N(Cc1ccc(Cl)cc1)C(=O)CN(c1cccc(C(F)(F)F)c1)S(C)(=O)=O. The fourth-order valence-electron chi connectivity index (χ4n) is 4.70. The Balaban J connectivity index is 1.94. The van der Waals surface area contributed by atoms with Gasteiger partial charge in [-0.05, 0) is 55.2 Å². The summed E-state index contributed by atoms with van der Waals surface area (Å²) in [7, 11) is -4.16. The molecule has 39 heavy (non-hydrogen) atoms. The first-order valence-electron chi connectivity index (χ1n) is 12.8. The zero-order valence-corrected chi connectivity index (χ0v) is 23.5. The zero-order valence-electron chi connectivity index (χ0n) is 21.9. The molecule has 2 aromatic rings. The molecule has 0 unspecified atom stereocenters. The summed E-state index contributed by atoms with van der Waals surface area (Å²) in [5, 5.41) is 3.51. The van der Waals surface area contributed by atoms with Crippen molar-refractivity contribution in [1.82, 2.24) is 10.2 Å². The fourth-order valence-corrected chi connectivity index (χ4v) is 5.67. The molecule has 0 saturated heterocycles. The van der Waals surface area contributed by atoms with Crippen LogP contribution in [0, 0.1) is 0 Å². The molecule has 12 heteroatoms. The first-order chi connectivity index (χ1) is 18.3. The molecule has 2 amide bonds. The number of hydrogen-bond acceptors (Lipinski definition) is 4. The van der Waals surface area contributed by atoms with E-state index in [2.05, 4.69) is 5.32 Å². The highest BCUT2D eigenvalue weighted by molar-refractivity contribution is 7.92. The van der Waals surface area contributed by atoms with E-state index >= 15 is 0 Å². The van der Waals surface area contributed by atoms with E-state index in [0.29, 0.717) is 21.0 Å². The van der Waals surface area contributed by atoms with Gasteiger partial charge in [-0.2, -0.15) is 13.2 Å². The van der Waals surface area contributed by atoms with E-state index in [1.807, 2.05) is 0 Å². The van der Waals surface area contributed by atoms with E-state index in [1.165, 1.54) is 11.0 Å². The Labute approximate surface area is 232 Å². The maximum Gasteiger partial charge on any atom is 0.416 e. The third kappa shape index (κ3) is 8.60. The topological polar surface area (TPSA) is 86.8 Å². The lowest BCUT2D eigenvalue weighted by atomic mass is 9.95. The number of alkyl halides is 3. The van der Waals surface area contributed by atoms with Crippen molar-refractivity contribution in [3.05, 3.63) is 64.7 Å². The molecule has 3 rings (SSSR count). The quantitative estimate of drug-likeness (QED) is 0.404.